The minimum absolute atomic E-state index is 0.0309. The molecule has 0 fully saturated rings. The fraction of sp³-hybridized carbons (Fsp3) is 0.486. The second-order valence-corrected chi connectivity index (χ2v) is 12.3. The Morgan fingerprint density at radius 3 is 1.69 bits per heavy atom. The van der Waals surface area contributed by atoms with Gasteiger partial charge in [0.05, 0.1) is 32.2 Å². The van der Waals surface area contributed by atoms with Gasteiger partial charge in [0, 0.05) is 32.1 Å². The quantitative estimate of drug-likeness (QED) is 0.0959. The van der Waals surface area contributed by atoms with Crippen LogP contribution in [0.2, 0.25) is 0 Å². The number of fused-ring (bicyclic) bond motifs is 3. The Morgan fingerprint density at radius 2 is 1.18 bits per heavy atom. The normalized spacial score (nSPS) is 13.4. The number of carboxylic acids is 4. The number of carbonyl (C=O) groups is 6. The molecule has 1 aliphatic carbocycles. The Kier molecular flexibility index (Phi) is 15.8. The van der Waals surface area contributed by atoms with E-state index >= 15 is 0 Å². The maximum Gasteiger partial charge on any atom is 0.407 e. The number of nitrogens with one attached hydrogen (secondary N) is 2. The third-order valence-corrected chi connectivity index (χ3v) is 8.59. The number of carbonyl (C=O) groups excluding carboxylic acids is 2. The van der Waals surface area contributed by atoms with Crippen molar-refractivity contribution in [1.29, 1.82) is 0 Å². The number of nitrogens with zero attached hydrogens (tertiary/aromatic N) is 3. The summed E-state index contributed by atoms with van der Waals surface area (Å²) in [5, 5.41) is 43.0. The van der Waals surface area contributed by atoms with Gasteiger partial charge in [-0.05, 0) is 35.2 Å². The summed E-state index contributed by atoms with van der Waals surface area (Å²) < 4.78 is 5.53. The Hall–Kier alpha value is -5.06. The summed E-state index contributed by atoms with van der Waals surface area (Å²) in [6.07, 6.45) is -0.362. The Bertz CT molecular complexity index is 1490. The average Bonchev–Trinajstić information content (AvgIpc) is 3.39. The highest BCUT2D eigenvalue weighted by molar-refractivity contribution is 5.84. The van der Waals surface area contributed by atoms with Crippen LogP contribution in [0, 0.1) is 0 Å². The molecule has 51 heavy (non-hydrogen) atoms. The van der Waals surface area contributed by atoms with Crippen molar-refractivity contribution in [2.24, 2.45) is 0 Å². The lowest BCUT2D eigenvalue weighted by atomic mass is 9.98. The van der Waals surface area contributed by atoms with Gasteiger partial charge < -0.3 is 35.8 Å². The van der Waals surface area contributed by atoms with Crippen LogP contribution < -0.4 is 10.6 Å². The highest BCUT2D eigenvalue weighted by Gasteiger charge is 2.33. The highest BCUT2D eigenvalue weighted by atomic mass is 16.5. The van der Waals surface area contributed by atoms with E-state index < -0.39 is 67.6 Å². The molecule has 0 heterocycles. The van der Waals surface area contributed by atoms with Gasteiger partial charge in [-0.2, -0.15) is 0 Å². The van der Waals surface area contributed by atoms with Crippen LogP contribution in [0.1, 0.15) is 43.7 Å². The number of hydrogen-bond acceptors (Lipinski definition) is 10. The van der Waals surface area contributed by atoms with E-state index in [9.17, 15) is 44.1 Å². The van der Waals surface area contributed by atoms with E-state index in [1.165, 1.54) is 9.80 Å². The maximum absolute atomic E-state index is 13.2. The lowest BCUT2D eigenvalue weighted by Crippen LogP contribution is -2.57. The number of hydrogen-bond donors (Lipinski definition) is 6. The van der Waals surface area contributed by atoms with E-state index in [1.54, 1.807) is 18.7 Å². The monoisotopic (exact) mass is 713 g/mol. The summed E-state index contributed by atoms with van der Waals surface area (Å²) in [4.78, 5) is 77.1. The predicted molar refractivity (Wildman–Crippen MR) is 184 cm³/mol. The zero-order valence-corrected chi connectivity index (χ0v) is 28.8. The number of rotatable bonds is 23. The van der Waals surface area contributed by atoms with Gasteiger partial charge in [0.25, 0.3) is 0 Å². The topological polar surface area (TPSA) is 226 Å². The SMILES string of the molecule is CCCC(NC(=O)CN(CCN(CCN(CC)CC(=O)O)CC(=O)O)CC(=O)O)C(NC(=O)OCC1c2ccccc2-c2ccccc21)C(=O)O. The van der Waals surface area contributed by atoms with Crippen molar-refractivity contribution < 1.29 is 53.9 Å². The standard InChI is InChI=1S/C35H47N5O11/c1-3-9-28(33(34(48)49)37-35(50)51-22-27-25-12-7-5-10-23(25)24-11-6-8-13-26(24)27)36-29(41)18-40(21-32(46)47)17-16-39(20-31(44)45)15-14-38(4-2)19-30(42)43/h5-8,10-13,27-28,33H,3-4,9,14-22H2,1-2H3,(H,36,41)(H,37,50)(H,42,43)(H,44,45)(H,46,47)(H,48,49). The van der Waals surface area contributed by atoms with Crippen LogP contribution in [-0.4, -0.2) is 149 Å². The highest BCUT2D eigenvalue weighted by Crippen LogP contribution is 2.44. The summed E-state index contributed by atoms with van der Waals surface area (Å²) in [5.74, 6) is -5.75. The number of amides is 2. The molecule has 0 saturated carbocycles. The molecule has 1 aliphatic rings. The Morgan fingerprint density at radius 1 is 0.686 bits per heavy atom. The van der Waals surface area contributed by atoms with Gasteiger partial charge in [-0.25, -0.2) is 9.59 Å². The molecule has 6 N–H and O–H groups in total. The van der Waals surface area contributed by atoms with Crippen molar-refractivity contribution in [2.45, 2.75) is 44.7 Å². The van der Waals surface area contributed by atoms with E-state index in [4.69, 9.17) is 9.84 Å². The summed E-state index contributed by atoms with van der Waals surface area (Å²) in [5.41, 5.74) is 4.02. The van der Waals surface area contributed by atoms with Gasteiger partial charge in [-0.15, -0.1) is 0 Å². The molecule has 2 aromatic rings. The van der Waals surface area contributed by atoms with Crippen LogP contribution in [0.4, 0.5) is 4.79 Å². The molecule has 0 radical (unpaired) electrons. The van der Waals surface area contributed by atoms with Crippen molar-refractivity contribution in [3.8, 4) is 11.1 Å². The summed E-state index contributed by atoms with van der Waals surface area (Å²) in [7, 11) is 0. The maximum atomic E-state index is 13.2. The van der Waals surface area contributed by atoms with Crippen molar-refractivity contribution in [3.05, 3.63) is 59.7 Å². The first-order chi connectivity index (χ1) is 24.3. The van der Waals surface area contributed by atoms with Crippen molar-refractivity contribution in [1.82, 2.24) is 25.3 Å². The molecular weight excluding hydrogens is 666 g/mol. The van der Waals surface area contributed by atoms with Crippen LogP contribution in [0.25, 0.3) is 11.1 Å². The molecule has 0 aromatic heterocycles. The Balaban J connectivity index is 1.63. The number of likely N-dealkylation sites (N-methyl/N-ethyl adjacent to an activating group) is 1. The first kappa shape index (κ1) is 40.4. The van der Waals surface area contributed by atoms with E-state index in [1.807, 2.05) is 48.5 Å². The molecule has 16 nitrogen and oxygen atoms in total. The van der Waals surface area contributed by atoms with Crippen LogP contribution >= 0.6 is 0 Å². The average molecular weight is 714 g/mol. The van der Waals surface area contributed by atoms with Crippen LogP contribution in [0.3, 0.4) is 0 Å². The van der Waals surface area contributed by atoms with Crippen molar-refractivity contribution in [3.63, 3.8) is 0 Å². The number of aliphatic carboxylic acids is 4. The molecule has 0 saturated heterocycles. The molecule has 0 bridgehead atoms. The molecule has 2 unspecified atom stereocenters. The lowest BCUT2D eigenvalue weighted by Gasteiger charge is -2.29. The summed E-state index contributed by atoms with van der Waals surface area (Å²) in [6, 6.07) is 12.9. The molecule has 2 atom stereocenters. The number of benzene rings is 2. The molecule has 2 aromatic carbocycles. The number of carboxylic acid groups (broad SMARTS) is 4. The fourth-order valence-corrected chi connectivity index (χ4v) is 6.16. The molecule has 0 aliphatic heterocycles. The second kappa shape index (κ2) is 20.0. The Labute approximate surface area is 296 Å². The second-order valence-electron chi connectivity index (χ2n) is 12.3. The minimum Gasteiger partial charge on any atom is -0.480 e. The summed E-state index contributed by atoms with van der Waals surface area (Å²) in [6.45, 7) is 2.74. The largest absolute Gasteiger partial charge is 0.480 e. The van der Waals surface area contributed by atoms with Crippen molar-refractivity contribution in [2.75, 3.05) is 65.5 Å². The lowest BCUT2D eigenvalue weighted by molar-refractivity contribution is -0.141. The third-order valence-electron chi connectivity index (χ3n) is 8.59. The van der Waals surface area contributed by atoms with Gasteiger partial charge in [0.15, 0.2) is 0 Å². The van der Waals surface area contributed by atoms with E-state index in [0.29, 0.717) is 13.0 Å². The zero-order valence-electron chi connectivity index (χ0n) is 28.8. The van der Waals surface area contributed by atoms with Crippen LogP contribution in [0.15, 0.2) is 48.5 Å². The van der Waals surface area contributed by atoms with Crippen LogP contribution in [-0.2, 0) is 28.7 Å². The first-order valence-corrected chi connectivity index (χ1v) is 16.8. The number of alkyl carbamates (subject to hydrolysis) is 1. The minimum atomic E-state index is -1.56. The van der Waals surface area contributed by atoms with Crippen LogP contribution in [0.5, 0.6) is 0 Å². The van der Waals surface area contributed by atoms with Gasteiger partial charge in [0.1, 0.15) is 12.6 Å². The third kappa shape index (κ3) is 12.6. The smallest absolute Gasteiger partial charge is 0.407 e. The first-order valence-electron chi connectivity index (χ1n) is 16.8. The molecule has 0 spiro atoms. The van der Waals surface area contributed by atoms with Gasteiger partial charge in [-0.3, -0.25) is 33.9 Å². The van der Waals surface area contributed by atoms with Gasteiger partial charge >= 0.3 is 30.0 Å². The molecule has 2 amide bonds. The van der Waals surface area contributed by atoms with E-state index in [0.717, 1.165) is 22.3 Å². The summed E-state index contributed by atoms with van der Waals surface area (Å²) >= 11 is 0. The molecular formula is C35H47N5O11. The molecule has 3 rings (SSSR count). The predicted octanol–water partition coefficient (Wildman–Crippen LogP) is 1.44. The van der Waals surface area contributed by atoms with E-state index in [-0.39, 0.29) is 51.7 Å². The number of ether oxygens (including phenoxy) is 1. The van der Waals surface area contributed by atoms with Crippen molar-refractivity contribution >= 4 is 35.9 Å². The van der Waals surface area contributed by atoms with E-state index in [2.05, 4.69) is 10.6 Å². The molecule has 16 heteroatoms. The molecule has 278 valence electrons. The zero-order chi connectivity index (χ0) is 37.5. The van der Waals surface area contributed by atoms with Gasteiger partial charge in [-0.1, -0.05) is 68.8 Å². The fourth-order valence-electron chi connectivity index (χ4n) is 6.16. The van der Waals surface area contributed by atoms with Gasteiger partial charge in [0.2, 0.25) is 5.91 Å².